The molecule has 0 aliphatic rings. The molecule has 0 aromatic carbocycles. The van der Waals surface area contributed by atoms with E-state index in [1.54, 1.807) is 12.1 Å². The number of amides is 1. The first kappa shape index (κ1) is 17.7. The fraction of sp³-hybridized carbons (Fsp3) is 0.412. The monoisotopic (exact) mass is 331 g/mol. The molecule has 0 radical (unpaired) electrons. The minimum atomic E-state index is -1.21. The topological polar surface area (TPSA) is 105 Å². The van der Waals surface area contributed by atoms with Crippen LogP contribution in [0.2, 0.25) is 0 Å². The van der Waals surface area contributed by atoms with Gasteiger partial charge in [0.1, 0.15) is 5.69 Å². The number of rotatable bonds is 8. The maximum absolute atomic E-state index is 12.4. The van der Waals surface area contributed by atoms with Crippen molar-refractivity contribution >= 4 is 17.8 Å². The second kappa shape index (κ2) is 8.24. The van der Waals surface area contributed by atoms with Gasteiger partial charge in [-0.2, -0.15) is 0 Å². The van der Waals surface area contributed by atoms with Crippen molar-refractivity contribution < 1.29 is 19.2 Å². The van der Waals surface area contributed by atoms with Gasteiger partial charge in [-0.05, 0) is 25.0 Å². The smallest absolute Gasteiger partial charge is 0.343 e. The van der Waals surface area contributed by atoms with Crippen LogP contribution in [0.3, 0.4) is 0 Å². The number of hydrogen-bond donors (Lipinski definition) is 2. The molecule has 128 valence electrons. The molecule has 7 nitrogen and oxygen atoms in total. The van der Waals surface area contributed by atoms with Gasteiger partial charge in [-0.1, -0.05) is 31.8 Å². The Morgan fingerprint density at radius 2 is 1.83 bits per heavy atom. The molecule has 0 atom stereocenters. The number of carboxylic acids is 1. The van der Waals surface area contributed by atoms with Gasteiger partial charge in [0.15, 0.2) is 5.56 Å². The summed E-state index contributed by atoms with van der Waals surface area (Å²) in [5, 5.41) is 15.9. The number of carboxylic acid groups (broad SMARTS) is 1. The fourth-order valence-corrected chi connectivity index (χ4v) is 2.60. The van der Waals surface area contributed by atoms with Crippen LogP contribution in [-0.2, 0) is 4.79 Å². The Hall–Kier alpha value is -2.70. The number of nitrogens with zero attached hydrogens (tertiary/aromatic N) is 2. The van der Waals surface area contributed by atoms with Crippen LogP contribution in [0.1, 0.15) is 49.9 Å². The van der Waals surface area contributed by atoms with Crippen LogP contribution in [-0.4, -0.2) is 27.1 Å². The Balaban J connectivity index is 2.29. The first-order valence-corrected chi connectivity index (χ1v) is 8.02. The zero-order valence-corrected chi connectivity index (χ0v) is 13.8. The summed E-state index contributed by atoms with van der Waals surface area (Å²) in [6, 6.07) is 3.26. The third kappa shape index (κ3) is 3.98. The maximum atomic E-state index is 12.4. The van der Waals surface area contributed by atoms with Crippen LogP contribution in [0, 0.1) is 5.92 Å². The van der Waals surface area contributed by atoms with E-state index in [4.69, 9.17) is 4.52 Å². The first-order chi connectivity index (χ1) is 11.6. The summed E-state index contributed by atoms with van der Waals surface area (Å²) in [4.78, 5) is 27.9. The molecule has 0 bridgehead atoms. The molecule has 0 saturated carbocycles. The molecule has 0 spiro atoms. The summed E-state index contributed by atoms with van der Waals surface area (Å²) in [7, 11) is 0. The van der Waals surface area contributed by atoms with Crippen molar-refractivity contribution in [2.24, 2.45) is 5.92 Å². The van der Waals surface area contributed by atoms with Crippen LogP contribution in [0.25, 0.3) is 11.3 Å². The Labute approximate surface area is 140 Å². The lowest BCUT2D eigenvalue weighted by atomic mass is 9.97. The normalized spacial score (nSPS) is 10.8. The molecule has 2 N–H and O–H groups in total. The summed E-state index contributed by atoms with van der Waals surface area (Å²) in [5.41, 5.74) is 0.578. The van der Waals surface area contributed by atoms with E-state index in [9.17, 15) is 14.7 Å². The van der Waals surface area contributed by atoms with E-state index in [2.05, 4.69) is 15.5 Å². The largest absolute Gasteiger partial charge is 0.477 e. The van der Waals surface area contributed by atoms with E-state index < -0.39 is 5.97 Å². The highest BCUT2D eigenvalue weighted by Crippen LogP contribution is 2.29. The van der Waals surface area contributed by atoms with Crippen LogP contribution >= 0.6 is 0 Å². The predicted octanol–water partition coefficient (Wildman–Crippen LogP) is 3.59. The van der Waals surface area contributed by atoms with E-state index in [-0.39, 0.29) is 29.0 Å². The van der Waals surface area contributed by atoms with Gasteiger partial charge in [-0.3, -0.25) is 15.1 Å². The van der Waals surface area contributed by atoms with Crippen molar-refractivity contribution in [3.63, 3.8) is 0 Å². The van der Waals surface area contributed by atoms with Crippen molar-refractivity contribution in [3.8, 4) is 11.3 Å². The minimum absolute atomic E-state index is 0.128. The average molecular weight is 331 g/mol. The molecule has 2 heterocycles. The molecule has 0 unspecified atom stereocenters. The molecule has 2 aromatic rings. The summed E-state index contributed by atoms with van der Waals surface area (Å²) in [5.74, 6) is -1.74. The lowest BCUT2D eigenvalue weighted by Gasteiger charge is -2.13. The zero-order valence-electron chi connectivity index (χ0n) is 13.8. The van der Waals surface area contributed by atoms with E-state index in [0.717, 1.165) is 25.7 Å². The Morgan fingerprint density at radius 1 is 1.21 bits per heavy atom. The summed E-state index contributed by atoms with van der Waals surface area (Å²) in [6.07, 6.45) is 6.31. The highest BCUT2D eigenvalue weighted by molar-refractivity contribution is 6.03. The number of hydrogen-bond acceptors (Lipinski definition) is 5. The molecule has 2 rings (SSSR count). The number of anilines is 1. The highest BCUT2D eigenvalue weighted by Gasteiger charge is 2.27. The number of aromatic carboxylic acids is 1. The molecule has 7 heteroatoms. The maximum Gasteiger partial charge on any atom is 0.343 e. The van der Waals surface area contributed by atoms with Crippen molar-refractivity contribution in [1.82, 2.24) is 10.1 Å². The minimum Gasteiger partial charge on any atom is -0.477 e. The average Bonchev–Trinajstić information content (AvgIpc) is 2.99. The standard InChI is InChI=1S/C17H21N3O4/c1-3-5-12(6-4-2)15(21)19-16-13(17(22)23)14(20-24-16)11-7-9-18-10-8-11/h7-10,12H,3-6H2,1-2H3,(H,19,21)(H,22,23). The van der Waals surface area contributed by atoms with Gasteiger partial charge in [0.05, 0.1) is 0 Å². The fourth-order valence-electron chi connectivity index (χ4n) is 2.60. The summed E-state index contributed by atoms with van der Waals surface area (Å²) in [6.45, 7) is 4.02. The van der Waals surface area contributed by atoms with Crippen LogP contribution < -0.4 is 5.32 Å². The summed E-state index contributed by atoms with van der Waals surface area (Å²) < 4.78 is 5.11. The number of nitrogens with one attached hydrogen (secondary N) is 1. The number of aromatic nitrogens is 2. The van der Waals surface area contributed by atoms with Crippen molar-refractivity contribution in [1.29, 1.82) is 0 Å². The third-order valence-corrected chi connectivity index (χ3v) is 3.74. The SMILES string of the molecule is CCCC(CCC)C(=O)Nc1onc(-c2ccncc2)c1C(=O)O. The number of pyridine rings is 1. The molecule has 0 aliphatic heterocycles. The molecule has 0 aliphatic carbocycles. The molecule has 2 aromatic heterocycles. The van der Waals surface area contributed by atoms with Gasteiger partial charge < -0.3 is 9.63 Å². The Morgan fingerprint density at radius 3 is 2.38 bits per heavy atom. The van der Waals surface area contributed by atoms with Crippen LogP contribution in [0.4, 0.5) is 5.88 Å². The van der Waals surface area contributed by atoms with Gasteiger partial charge in [0, 0.05) is 23.9 Å². The van der Waals surface area contributed by atoms with Gasteiger partial charge in [0.2, 0.25) is 11.8 Å². The zero-order chi connectivity index (χ0) is 17.5. The molecular weight excluding hydrogens is 310 g/mol. The van der Waals surface area contributed by atoms with Crippen LogP contribution in [0.5, 0.6) is 0 Å². The van der Waals surface area contributed by atoms with Gasteiger partial charge >= 0.3 is 5.97 Å². The molecule has 24 heavy (non-hydrogen) atoms. The van der Waals surface area contributed by atoms with E-state index in [1.807, 2.05) is 13.8 Å². The second-order valence-corrected chi connectivity index (χ2v) is 5.54. The molecule has 1 amide bonds. The van der Waals surface area contributed by atoms with Gasteiger partial charge in [0.25, 0.3) is 0 Å². The Bertz CT molecular complexity index is 691. The highest BCUT2D eigenvalue weighted by atomic mass is 16.5. The van der Waals surface area contributed by atoms with Crippen molar-refractivity contribution in [2.45, 2.75) is 39.5 Å². The third-order valence-electron chi connectivity index (χ3n) is 3.74. The Kier molecular flexibility index (Phi) is 6.06. The molecule has 0 saturated heterocycles. The lowest BCUT2D eigenvalue weighted by molar-refractivity contribution is -0.120. The molecule has 0 fully saturated rings. The van der Waals surface area contributed by atoms with Gasteiger partial charge in [-0.25, -0.2) is 4.79 Å². The van der Waals surface area contributed by atoms with Gasteiger partial charge in [-0.15, -0.1) is 0 Å². The van der Waals surface area contributed by atoms with Crippen LogP contribution in [0.15, 0.2) is 29.0 Å². The summed E-state index contributed by atoms with van der Waals surface area (Å²) >= 11 is 0. The first-order valence-electron chi connectivity index (χ1n) is 8.02. The van der Waals surface area contributed by atoms with Crippen molar-refractivity contribution in [2.75, 3.05) is 5.32 Å². The lowest BCUT2D eigenvalue weighted by Crippen LogP contribution is -2.23. The van der Waals surface area contributed by atoms with E-state index in [1.165, 1.54) is 12.4 Å². The van der Waals surface area contributed by atoms with E-state index in [0.29, 0.717) is 5.56 Å². The number of carbonyl (C=O) groups is 2. The van der Waals surface area contributed by atoms with Crippen molar-refractivity contribution in [3.05, 3.63) is 30.1 Å². The predicted molar refractivity (Wildman–Crippen MR) is 88.6 cm³/mol. The molecular formula is C17H21N3O4. The number of carbonyl (C=O) groups excluding carboxylic acids is 1. The van der Waals surface area contributed by atoms with E-state index >= 15 is 0 Å². The second-order valence-electron chi connectivity index (χ2n) is 5.54. The quantitative estimate of drug-likeness (QED) is 0.766.